The van der Waals surface area contributed by atoms with Crippen LogP contribution in [0.3, 0.4) is 0 Å². The Bertz CT molecular complexity index is 433. The van der Waals surface area contributed by atoms with E-state index >= 15 is 0 Å². The van der Waals surface area contributed by atoms with E-state index in [2.05, 4.69) is 6.92 Å². The van der Waals surface area contributed by atoms with Gasteiger partial charge >= 0.3 is 5.97 Å². The molecule has 0 aliphatic heterocycles. The average molecular weight is 393 g/mol. The summed E-state index contributed by atoms with van der Waals surface area (Å²) >= 11 is 0. The van der Waals surface area contributed by atoms with Gasteiger partial charge < -0.3 is 4.74 Å². The lowest BCUT2D eigenvalue weighted by atomic mass is 10.0. The lowest BCUT2D eigenvalue weighted by Gasteiger charge is -2.16. The predicted octanol–water partition coefficient (Wildman–Crippen LogP) is 5.68. The standard InChI is InChI=1S/C20H40O5S/c1-3-5-7-8-9-10-11-12-13-14-15-16-19(18-26(22,23)24)25-20(21)17-6-4-2/h19H,3-18H2,1-2H3,(H,22,23,24). The molecule has 0 aromatic carbocycles. The molecule has 0 aromatic heterocycles. The van der Waals surface area contributed by atoms with E-state index in [4.69, 9.17) is 9.29 Å². The molecule has 6 heteroatoms. The zero-order chi connectivity index (χ0) is 19.7. The molecule has 1 unspecified atom stereocenters. The predicted molar refractivity (Wildman–Crippen MR) is 107 cm³/mol. The SMILES string of the molecule is CCCCCCCCCCCCCC(CS(=O)(=O)O)OC(=O)CCCC. The van der Waals surface area contributed by atoms with E-state index in [1.807, 2.05) is 6.92 Å². The Morgan fingerprint density at radius 2 is 1.27 bits per heavy atom. The average Bonchev–Trinajstić information content (AvgIpc) is 2.56. The summed E-state index contributed by atoms with van der Waals surface area (Å²) in [6, 6.07) is 0. The van der Waals surface area contributed by atoms with E-state index in [1.54, 1.807) is 0 Å². The van der Waals surface area contributed by atoms with Gasteiger partial charge in [0.15, 0.2) is 0 Å². The number of carbonyl (C=O) groups excluding carboxylic acids is 1. The van der Waals surface area contributed by atoms with Crippen molar-refractivity contribution in [2.24, 2.45) is 0 Å². The van der Waals surface area contributed by atoms with Crippen molar-refractivity contribution in [3.05, 3.63) is 0 Å². The molecule has 0 saturated heterocycles. The molecule has 0 aromatic rings. The number of rotatable bonds is 18. The van der Waals surface area contributed by atoms with Crippen LogP contribution < -0.4 is 0 Å². The summed E-state index contributed by atoms with van der Waals surface area (Å²) in [5.41, 5.74) is 0. The second-order valence-corrected chi connectivity index (χ2v) is 8.79. The van der Waals surface area contributed by atoms with E-state index in [0.717, 1.165) is 32.1 Å². The van der Waals surface area contributed by atoms with Gasteiger partial charge in [0.25, 0.3) is 10.1 Å². The van der Waals surface area contributed by atoms with Crippen LogP contribution in [0.15, 0.2) is 0 Å². The van der Waals surface area contributed by atoms with Gasteiger partial charge in [-0.25, -0.2) is 0 Å². The van der Waals surface area contributed by atoms with Crippen LogP contribution in [0.1, 0.15) is 110 Å². The molecule has 156 valence electrons. The van der Waals surface area contributed by atoms with E-state index in [-0.39, 0.29) is 5.97 Å². The zero-order valence-electron chi connectivity index (χ0n) is 16.9. The molecule has 0 bridgehead atoms. The molecule has 0 spiro atoms. The van der Waals surface area contributed by atoms with Gasteiger partial charge in [-0.05, 0) is 19.3 Å². The van der Waals surface area contributed by atoms with Crippen molar-refractivity contribution < 1.29 is 22.5 Å². The van der Waals surface area contributed by atoms with Gasteiger partial charge in [-0.3, -0.25) is 9.35 Å². The number of hydrogen-bond donors (Lipinski definition) is 1. The summed E-state index contributed by atoms with van der Waals surface area (Å²) in [5, 5.41) is 0. The maximum Gasteiger partial charge on any atom is 0.306 e. The molecule has 0 amide bonds. The van der Waals surface area contributed by atoms with E-state index in [1.165, 1.54) is 51.4 Å². The van der Waals surface area contributed by atoms with Crippen molar-refractivity contribution in [2.45, 2.75) is 116 Å². The van der Waals surface area contributed by atoms with Crippen molar-refractivity contribution in [3.8, 4) is 0 Å². The topological polar surface area (TPSA) is 80.7 Å². The fraction of sp³-hybridized carbons (Fsp3) is 0.950. The monoisotopic (exact) mass is 392 g/mol. The van der Waals surface area contributed by atoms with Gasteiger partial charge in [0.2, 0.25) is 0 Å². The molecular weight excluding hydrogens is 352 g/mol. The van der Waals surface area contributed by atoms with Gasteiger partial charge in [0, 0.05) is 6.42 Å². The van der Waals surface area contributed by atoms with Gasteiger partial charge in [0.05, 0.1) is 0 Å². The molecule has 0 radical (unpaired) electrons. The Hall–Kier alpha value is -0.620. The van der Waals surface area contributed by atoms with Gasteiger partial charge in [-0.1, -0.05) is 84.5 Å². The Labute approximate surface area is 161 Å². The van der Waals surface area contributed by atoms with Gasteiger partial charge in [0.1, 0.15) is 11.9 Å². The Morgan fingerprint density at radius 3 is 1.73 bits per heavy atom. The molecule has 0 saturated carbocycles. The number of hydrogen-bond acceptors (Lipinski definition) is 4. The maximum absolute atomic E-state index is 11.7. The summed E-state index contributed by atoms with van der Waals surface area (Å²) in [7, 11) is -4.13. The van der Waals surface area contributed by atoms with Crippen LogP contribution in [-0.2, 0) is 19.6 Å². The van der Waals surface area contributed by atoms with E-state index in [9.17, 15) is 13.2 Å². The zero-order valence-corrected chi connectivity index (χ0v) is 17.7. The molecule has 0 aliphatic carbocycles. The molecule has 26 heavy (non-hydrogen) atoms. The first kappa shape index (κ1) is 25.4. The minimum absolute atomic E-state index is 0.302. The third-order valence-corrected chi connectivity index (χ3v) is 5.35. The van der Waals surface area contributed by atoms with E-state index in [0.29, 0.717) is 12.8 Å². The summed E-state index contributed by atoms with van der Waals surface area (Å²) < 4.78 is 36.5. The second kappa shape index (κ2) is 16.5. The molecule has 1 atom stereocenters. The normalized spacial score (nSPS) is 12.9. The Morgan fingerprint density at radius 1 is 0.808 bits per heavy atom. The quantitative estimate of drug-likeness (QED) is 0.184. The van der Waals surface area contributed by atoms with Crippen molar-refractivity contribution in [1.82, 2.24) is 0 Å². The molecule has 5 nitrogen and oxygen atoms in total. The third kappa shape index (κ3) is 18.2. The summed E-state index contributed by atoms with van der Waals surface area (Å²) in [5.74, 6) is -0.869. The molecule has 0 rings (SSSR count). The van der Waals surface area contributed by atoms with Gasteiger partial charge in [-0.2, -0.15) is 8.42 Å². The third-order valence-electron chi connectivity index (χ3n) is 4.56. The smallest absolute Gasteiger partial charge is 0.306 e. The van der Waals surface area contributed by atoms with Crippen LogP contribution in [0.5, 0.6) is 0 Å². The molecule has 1 N–H and O–H groups in total. The first-order valence-electron chi connectivity index (χ1n) is 10.5. The number of unbranched alkanes of at least 4 members (excludes halogenated alkanes) is 11. The largest absolute Gasteiger partial charge is 0.461 e. The van der Waals surface area contributed by atoms with Crippen LogP contribution in [0, 0.1) is 0 Å². The van der Waals surface area contributed by atoms with Crippen LogP contribution in [0.25, 0.3) is 0 Å². The first-order chi connectivity index (χ1) is 12.4. The fourth-order valence-electron chi connectivity index (χ4n) is 3.01. The highest BCUT2D eigenvalue weighted by Gasteiger charge is 2.20. The molecule has 0 aliphatic rings. The molecular formula is C20H40O5S. The highest BCUT2D eigenvalue weighted by atomic mass is 32.2. The highest BCUT2D eigenvalue weighted by molar-refractivity contribution is 7.85. The minimum Gasteiger partial charge on any atom is -0.461 e. The molecule has 0 heterocycles. The minimum atomic E-state index is -4.13. The Kier molecular flexibility index (Phi) is 16.2. The number of esters is 1. The van der Waals surface area contributed by atoms with Crippen LogP contribution in [0.2, 0.25) is 0 Å². The Balaban J connectivity index is 3.83. The number of carbonyl (C=O) groups is 1. The van der Waals surface area contributed by atoms with E-state index < -0.39 is 22.0 Å². The van der Waals surface area contributed by atoms with Crippen LogP contribution in [0.4, 0.5) is 0 Å². The van der Waals surface area contributed by atoms with Crippen molar-refractivity contribution in [2.75, 3.05) is 5.75 Å². The molecule has 0 fully saturated rings. The summed E-state index contributed by atoms with van der Waals surface area (Å²) in [6.07, 6.45) is 15.0. The summed E-state index contributed by atoms with van der Waals surface area (Å²) in [6.45, 7) is 4.21. The number of ether oxygens (including phenoxy) is 1. The lowest BCUT2D eigenvalue weighted by Crippen LogP contribution is -2.26. The highest BCUT2D eigenvalue weighted by Crippen LogP contribution is 2.15. The fourth-order valence-corrected chi connectivity index (χ4v) is 3.72. The second-order valence-electron chi connectivity index (χ2n) is 7.29. The first-order valence-corrected chi connectivity index (χ1v) is 12.1. The van der Waals surface area contributed by atoms with Crippen molar-refractivity contribution in [1.29, 1.82) is 0 Å². The van der Waals surface area contributed by atoms with Crippen molar-refractivity contribution in [3.63, 3.8) is 0 Å². The van der Waals surface area contributed by atoms with Crippen molar-refractivity contribution >= 4 is 16.1 Å². The lowest BCUT2D eigenvalue weighted by molar-refractivity contribution is -0.148. The maximum atomic E-state index is 11.7. The van der Waals surface area contributed by atoms with Crippen LogP contribution in [-0.4, -0.2) is 30.8 Å². The van der Waals surface area contributed by atoms with Gasteiger partial charge in [-0.15, -0.1) is 0 Å². The summed E-state index contributed by atoms with van der Waals surface area (Å²) in [4.78, 5) is 11.7. The van der Waals surface area contributed by atoms with Crippen LogP contribution >= 0.6 is 0 Å².